The number of rotatable bonds is 8. The fraction of sp³-hybridized carbons (Fsp3) is 0.250. The zero-order valence-electron chi connectivity index (χ0n) is 13.2. The van der Waals surface area contributed by atoms with E-state index in [1.54, 1.807) is 53.5 Å². The molecule has 0 aliphatic carbocycles. The molecule has 0 spiro atoms. The van der Waals surface area contributed by atoms with Gasteiger partial charge in [0.2, 0.25) is 0 Å². The third-order valence-electron chi connectivity index (χ3n) is 2.93. The minimum atomic E-state index is -3.83. The first kappa shape index (κ1) is 17.0. The molecule has 0 fully saturated rings. The molecule has 0 aliphatic heterocycles. The normalized spacial score (nSPS) is 11.4. The van der Waals surface area contributed by atoms with E-state index in [0.29, 0.717) is 24.6 Å². The fourth-order valence-corrected chi connectivity index (χ4v) is 2.84. The Labute approximate surface area is 136 Å². The zero-order chi connectivity index (χ0) is 16.5. The molecule has 0 radical (unpaired) electrons. The second kappa shape index (κ2) is 8.34. The van der Waals surface area contributed by atoms with Crippen molar-refractivity contribution in [2.24, 2.45) is 10.1 Å². The maximum atomic E-state index is 13.0. The van der Waals surface area contributed by atoms with Crippen molar-refractivity contribution in [3.05, 3.63) is 60.7 Å². The SMILES string of the molecule is CCN(CC)N=NP(=O)(Oc1ccccc1)Oc1ccccc1. The Bertz CT molecular complexity index is 615. The minimum Gasteiger partial charge on any atom is -0.398 e. The third kappa shape index (κ3) is 5.42. The van der Waals surface area contributed by atoms with Crippen LogP contribution in [0.15, 0.2) is 70.8 Å². The highest BCUT2D eigenvalue weighted by atomic mass is 31.2. The largest absolute Gasteiger partial charge is 0.583 e. The van der Waals surface area contributed by atoms with Crippen LogP contribution in [0.3, 0.4) is 0 Å². The van der Waals surface area contributed by atoms with Crippen LogP contribution in [0.1, 0.15) is 13.8 Å². The summed E-state index contributed by atoms with van der Waals surface area (Å²) in [6, 6.07) is 17.6. The lowest BCUT2D eigenvalue weighted by molar-refractivity contribution is 0.294. The quantitative estimate of drug-likeness (QED) is 0.389. The molecule has 0 N–H and O–H groups in total. The van der Waals surface area contributed by atoms with Crippen molar-refractivity contribution in [1.29, 1.82) is 0 Å². The van der Waals surface area contributed by atoms with E-state index >= 15 is 0 Å². The molecule has 2 aromatic carbocycles. The summed E-state index contributed by atoms with van der Waals surface area (Å²) in [5.74, 6) is 0.815. The molecule has 7 heteroatoms. The molecule has 6 nitrogen and oxygen atoms in total. The van der Waals surface area contributed by atoms with Crippen molar-refractivity contribution >= 4 is 7.75 Å². The van der Waals surface area contributed by atoms with Gasteiger partial charge in [-0.05, 0) is 43.0 Å². The van der Waals surface area contributed by atoms with E-state index in [2.05, 4.69) is 10.1 Å². The van der Waals surface area contributed by atoms with Crippen LogP contribution >= 0.6 is 7.75 Å². The molecule has 0 heterocycles. The lowest BCUT2D eigenvalue weighted by Crippen LogP contribution is -2.15. The van der Waals surface area contributed by atoms with Crippen molar-refractivity contribution < 1.29 is 13.6 Å². The van der Waals surface area contributed by atoms with E-state index in [9.17, 15) is 4.57 Å². The van der Waals surface area contributed by atoms with Gasteiger partial charge in [0.05, 0.1) is 0 Å². The van der Waals surface area contributed by atoms with E-state index in [4.69, 9.17) is 9.05 Å². The van der Waals surface area contributed by atoms with Gasteiger partial charge in [0.1, 0.15) is 11.5 Å². The first-order chi connectivity index (χ1) is 11.1. The van der Waals surface area contributed by atoms with Crippen LogP contribution in [-0.4, -0.2) is 18.1 Å². The maximum Gasteiger partial charge on any atom is 0.583 e. The lowest BCUT2D eigenvalue weighted by Gasteiger charge is -2.17. The van der Waals surface area contributed by atoms with Crippen LogP contribution < -0.4 is 9.05 Å². The van der Waals surface area contributed by atoms with Crippen molar-refractivity contribution in [1.82, 2.24) is 5.01 Å². The van der Waals surface area contributed by atoms with Gasteiger partial charge < -0.3 is 9.05 Å². The van der Waals surface area contributed by atoms with Crippen molar-refractivity contribution in [2.75, 3.05) is 13.1 Å². The molecule has 0 saturated carbocycles. The number of hydrogen-bond acceptors (Lipinski definition) is 4. The van der Waals surface area contributed by atoms with Crippen molar-refractivity contribution in [3.63, 3.8) is 0 Å². The second-order valence-corrected chi connectivity index (χ2v) is 6.08. The van der Waals surface area contributed by atoms with Crippen LogP contribution in [0.2, 0.25) is 0 Å². The van der Waals surface area contributed by atoms with Crippen LogP contribution in [0, 0.1) is 0 Å². The molecule has 0 aliphatic rings. The van der Waals surface area contributed by atoms with Crippen LogP contribution in [0.25, 0.3) is 0 Å². The predicted molar refractivity (Wildman–Crippen MR) is 89.5 cm³/mol. The summed E-state index contributed by atoms with van der Waals surface area (Å²) in [5, 5.41) is 5.63. The van der Waals surface area contributed by atoms with E-state index in [0.717, 1.165) is 0 Å². The molecular formula is C16H20N3O3P. The first-order valence-corrected chi connectivity index (χ1v) is 8.92. The second-order valence-electron chi connectivity index (χ2n) is 4.60. The molecule has 2 rings (SSSR count). The highest BCUT2D eigenvalue weighted by Gasteiger charge is 2.29. The Morgan fingerprint density at radius 1 is 0.870 bits per heavy atom. The summed E-state index contributed by atoms with van der Waals surface area (Å²) in [5.41, 5.74) is 0. The zero-order valence-corrected chi connectivity index (χ0v) is 14.1. The van der Waals surface area contributed by atoms with Crippen molar-refractivity contribution in [3.8, 4) is 11.5 Å². The average Bonchev–Trinajstić information content (AvgIpc) is 2.57. The van der Waals surface area contributed by atoms with Gasteiger partial charge in [-0.15, -0.1) is 0 Å². The van der Waals surface area contributed by atoms with Gasteiger partial charge in [0.25, 0.3) is 0 Å². The van der Waals surface area contributed by atoms with E-state index < -0.39 is 7.75 Å². The maximum absolute atomic E-state index is 13.0. The monoisotopic (exact) mass is 333 g/mol. The number of benzene rings is 2. The lowest BCUT2D eigenvalue weighted by atomic mass is 10.3. The summed E-state index contributed by atoms with van der Waals surface area (Å²) < 4.78 is 23.9. The van der Waals surface area contributed by atoms with Gasteiger partial charge in [0, 0.05) is 13.1 Å². The summed E-state index contributed by atoms with van der Waals surface area (Å²) in [7, 11) is -3.83. The Morgan fingerprint density at radius 2 is 1.30 bits per heavy atom. The predicted octanol–water partition coefficient (Wildman–Crippen LogP) is 4.96. The fourth-order valence-electron chi connectivity index (χ4n) is 1.74. The Hall–Kier alpha value is -2.33. The van der Waals surface area contributed by atoms with Gasteiger partial charge in [0.15, 0.2) is 0 Å². The first-order valence-electron chi connectivity index (χ1n) is 7.42. The van der Waals surface area contributed by atoms with Gasteiger partial charge in [-0.2, -0.15) is 0 Å². The number of para-hydroxylation sites is 2. The van der Waals surface area contributed by atoms with Crippen LogP contribution in [-0.2, 0) is 4.57 Å². The Balaban J connectivity index is 2.24. The molecule has 0 saturated heterocycles. The Kier molecular flexibility index (Phi) is 6.18. The summed E-state index contributed by atoms with van der Waals surface area (Å²) in [6.45, 7) is 5.17. The summed E-state index contributed by atoms with van der Waals surface area (Å²) in [6.07, 6.45) is 0. The van der Waals surface area contributed by atoms with Gasteiger partial charge in [-0.1, -0.05) is 41.6 Å². The number of hydrogen-bond donors (Lipinski definition) is 0. The van der Waals surface area contributed by atoms with Crippen LogP contribution in [0.4, 0.5) is 0 Å². The molecule has 2 aromatic rings. The molecule has 0 bridgehead atoms. The Morgan fingerprint density at radius 3 is 1.70 bits per heavy atom. The van der Waals surface area contributed by atoms with E-state index in [-0.39, 0.29) is 0 Å². The highest BCUT2D eigenvalue weighted by molar-refractivity contribution is 7.53. The van der Waals surface area contributed by atoms with Gasteiger partial charge in [-0.25, -0.2) is 4.57 Å². The summed E-state index contributed by atoms with van der Waals surface area (Å²) >= 11 is 0. The third-order valence-corrected chi connectivity index (χ3v) is 4.12. The molecule has 23 heavy (non-hydrogen) atoms. The molecule has 0 aromatic heterocycles. The average molecular weight is 333 g/mol. The molecule has 122 valence electrons. The molecular weight excluding hydrogens is 313 g/mol. The van der Waals surface area contributed by atoms with Gasteiger partial charge >= 0.3 is 7.75 Å². The highest BCUT2D eigenvalue weighted by Crippen LogP contribution is 2.50. The summed E-state index contributed by atoms with van der Waals surface area (Å²) in [4.78, 5) is 3.85. The smallest absolute Gasteiger partial charge is 0.398 e. The van der Waals surface area contributed by atoms with Crippen molar-refractivity contribution in [2.45, 2.75) is 13.8 Å². The molecule has 0 atom stereocenters. The van der Waals surface area contributed by atoms with Gasteiger partial charge in [-0.3, -0.25) is 5.01 Å². The van der Waals surface area contributed by atoms with E-state index in [1.165, 1.54) is 0 Å². The number of nitrogens with zero attached hydrogens (tertiary/aromatic N) is 3. The minimum absolute atomic E-state index is 0.408. The van der Waals surface area contributed by atoms with Crippen LogP contribution in [0.5, 0.6) is 11.5 Å². The standard InChI is InChI=1S/C16H20N3O3P/c1-3-19(4-2)17-18-23(20,21-15-11-7-5-8-12-15)22-16-13-9-6-10-14-16/h5-14H,3-4H2,1-2H3. The molecule has 0 amide bonds. The topological polar surface area (TPSA) is 63.5 Å². The van der Waals surface area contributed by atoms with E-state index in [1.807, 2.05) is 26.0 Å². The molecule has 0 unspecified atom stereocenters.